The Kier molecular flexibility index (Phi) is 7.74. The minimum Gasteiger partial charge on any atom is -1.00 e. The molecule has 24 heavy (non-hydrogen) atoms. The summed E-state index contributed by atoms with van der Waals surface area (Å²) >= 11 is 0. The molecule has 3 heteroatoms. The predicted molar refractivity (Wildman–Crippen MR) is 94.4 cm³/mol. The molecule has 127 valence electrons. The van der Waals surface area contributed by atoms with Crippen LogP contribution in [0.15, 0.2) is 42.5 Å². The zero-order valence-electron chi connectivity index (χ0n) is 15.3. The normalized spacial score (nSPS) is 11.6. The fraction of sp³-hybridized carbons (Fsp3) is 0.381. The van der Waals surface area contributed by atoms with Crippen LogP contribution in [-0.4, -0.2) is 0 Å². The number of fused-ring (bicyclic) bond motifs is 3. The van der Waals surface area contributed by atoms with E-state index in [1.807, 2.05) is 0 Å². The van der Waals surface area contributed by atoms with Crippen LogP contribution >= 0.6 is 0 Å². The molecule has 3 rings (SSSR count). The van der Waals surface area contributed by atoms with Gasteiger partial charge < -0.3 is 24.8 Å². The number of benzene rings is 2. The third-order valence-electron chi connectivity index (χ3n) is 4.44. The summed E-state index contributed by atoms with van der Waals surface area (Å²) in [4.78, 5) is 0. The van der Waals surface area contributed by atoms with Gasteiger partial charge in [-0.25, -0.2) is 0 Å². The van der Waals surface area contributed by atoms with Gasteiger partial charge in [-0.2, -0.15) is 0 Å². The summed E-state index contributed by atoms with van der Waals surface area (Å²) in [5.74, 6) is 0. The summed E-state index contributed by atoms with van der Waals surface area (Å²) in [6, 6.07) is 16.2. The van der Waals surface area contributed by atoms with Crippen LogP contribution in [0.5, 0.6) is 0 Å². The number of halogens is 2. The van der Waals surface area contributed by atoms with Crippen molar-refractivity contribution in [2.45, 2.75) is 52.4 Å². The van der Waals surface area contributed by atoms with E-state index in [0.29, 0.717) is 0 Å². The Morgan fingerprint density at radius 3 is 1.25 bits per heavy atom. The maximum absolute atomic E-state index is 2.35. The molecule has 3 aromatic rings. The number of hydrogen-bond donors (Lipinski definition) is 0. The molecular weight excluding hydrogens is 371 g/mol. The van der Waals surface area contributed by atoms with Gasteiger partial charge in [-0.15, -0.1) is 39.7 Å². The molecular formula is C21H25Cl2Ti. The quantitative estimate of drug-likeness (QED) is 0.379. The van der Waals surface area contributed by atoms with Gasteiger partial charge in [-0.05, 0) is 10.8 Å². The molecule has 0 heterocycles. The second-order valence-corrected chi connectivity index (χ2v) is 8.25. The smallest absolute Gasteiger partial charge is 1.00 e. The van der Waals surface area contributed by atoms with Crippen LogP contribution in [0.1, 0.15) is 52.7 Å². The monoisotopic (exact) mass is 395 g/mol. The average Bonchev–Trinajstić information content (AvgIpc) is 2.73. The van der Waals surface area contributed by atoms with Crippen LogP contribution in [0.2, 0.25) is 0 Å². The summed E-state index contributed by atoms with van der Waals surface area (Å²) in [6.45, 7) is 13.6. The summed E-state index contributed by atoms with van der Waals surface area (Å²) in [7, 11) is 0. The molecule has 0 spiro atoms. The Morgan fingerprint density at radius 2 is 0.958 bits per heavy atom. The summed E-state index contributed by atoms with van der Waals surface area (Å²) in [5, 5.41) is 5.48. The summed E-state index contributed by atoms with van der Waals surface area (Å²) in [5.41, 5.74) is 3.21. The van der Waals surface area contributed by atoms with Crippen molar-refractivity contribution in [1.82, 2.24) is 0 Å². The molecule has 3 aromatic carbocycles. The zero-order valence-corrected chi connectivity index (χ0v) is 18.4. The Labute approximate surface area is 173 Å². The van der Waals surface area contributed by atoms with E-state index in [1.54, 1.807) is 0 Å². The number of hydrogen-bond acceptors (Lipinski definition) is 0. The maximum Gasteiger partial charge on any atom is 3.00 e. The first-order valence-corrected chi connectivity index (χ1v) is 7.80. The first-order valence-electron chi connectivity index (χ1n) is 7.80. The standard InChI is InChI=1S/C21H25.2ClH.Ti/c1-20(2,3)16-7-9-18-14(12-16)11-15-13-17(21(4,5)6)8-10-19(15)18;;;/h7-13H,1-6H3;2*1H;/q-1;;;+3/p-2. The van der Waals surface area contributed by atoms with E-state index in [9.17, 15) is 0 Å². The molecule has 0 amide bonds. The summed E-state index contributed by atoms with van der Waals surface area (Å²) in [6.07, 6.45) is 0. The SMILES string of the molecule is CC(C)(C)c1ccc2c(c1)[cH-]c1cc(C(C)(C)C)ccc12.[Cl-].[Cl-].[Ti+3]. The van der Waals surface area contributed by atoms with Gasteiger partial charge in [0.05, 0.1) is 0 Å². The molecule has 0 aliphatic heterocycles. The minimum absolute atomic E-state index is 0. The van der Waals surface area contributed by atoms with Crippen molar-refractivity contribution in [1.29, 1.82) is 0 Å². The van der Waals surface area contributed by atoms with Crippen LogP contribution < -0.4 is 24.8 Å². The Morgan fingerprint density at radius 1 is 0.625 bits per heavy atom. The third kappa shape index (κ3) is 4.41. The molecule has 0 aliphatic rings. The summed E-state index contributed by atoms with van der Waals surface area (Å²) < 4.78 is 0. The van der Waals surface area contributed by atoms with E-state index >= 15 is 0 Å². The average molecular weight is 396 g/mol. The van der Waals surface area contributed by atoms with Crippen molar-refractivity contribution in [3.05, 3.63) is 53.6 Å². The van der Waals surface area contributed by atoms with Gasteiger partial charge in [0.1, 0.15) is 0 Å². The molecule has 0 nitrogen and oxygen atoms in total. The molecule has 0 N–H and O–H groups in total. The fourth-order valence-electron chi connectivity index (χ4n) is 2.96. The molecule has 0 saturated heterocycles. The van der Waals surface area contributed by atoms with Crippen molar-refractivity contribution in [3.8, 4) is 0 Å². The van der Waals surface area contributed by atoms with Crippen molar-refractivity contribution in [2.24, 2.45) is 0 Å². The molecule has 0 saturated carbocycles. The molecule has 0 bridgehead atoms. The first-order chi connectivity index (χ1) is 9.66. The molecule has 0 unspecified atom stereocenters. The third-order valence-corrected chi connectivity index (χ3v) is 4.44. The van der Waals surface area contributed by atoms with Gasteiger partial charge in [0.15, 0.2) is 0 Å². The van der Waals surface area contributed by atoms with E-state index in [-0.39, 0.29) is 57.4 Å². The Bertz CT molecular complexity index is 749. The Hall–Kier alpha value is -0.396. The van der Waals surface area contributed by atoms with Crippen LogP contribution in [0.3, 0.4) is 0 Å². The van der Waals surface area contributed by atoms with E-state index in [2.05, 4.69) is 84.0 Å². The van der Waals surface area contributed by atoms with Crippen molar-refractivity contribution in [3.63, 3.8) is 0 Å². The number of rotatable bonds is 0. The van der Waals surface area contributed by atoms with Crippen molar-refractivity contribution in [2.75, 3.05) is 0 Å². The van der Waals surface area contributed by atoms with Crippen molar-refractivity contribution < 1.29 is 46.5 Å². The van der Waals surface area contributed by atoms with Gasteiger partial charge in [-0.1, -0.05) is 76.9 Å². The first kappa shape index (κ1) is 23.6. The van der Waals surface area contributed by atoms with E-state index < -0.39 is 0 Å². The molecule has 0 aromatic heterocycles. The van der Waals surface area contributed by atoms with Gasteiger partial charge >= 0.3 is 21.7 Å². The topological polar surface area (TPSA) is 0 Å². The molecule has 0 fully saturated rings. The zero-order chi connectivity index (χ0) is 15.4. The second kappa shape index (κ2) is 7.87. The molecule has 0 aliphatic carbocycles. The van der Waals surface area contributed by atoms with Gasteiger partial charge in [0.25, 0.3) is 0 Å². The maximum atomic E-state index is 2.35. The van der Waals surface area contributed by atoms with E-state index in [1.165, 1.54) is 32.7 Å². The second-order valence-electron chi connectivity index (χ2n) is 8.25. The van der Waals surface area contributed by atoms with Gasteiger partial charge in [0, 0.05) is 0 Å². The van der Waals surface area contributed by atoms with Crippen molar-refractivity contribution >= 4 is 21.5 Å². The predicted octanol–water partition coefficient (Wildman–Crippen LogP) is 0.312. The Balaban J connectivity index is 0.00000176. The molecule has 1 radical (unpaired) electrons. The van der Waals surface area contributed by atoms with E-state index in [4.69, 9.17) is 0 Å². The van der Waals surface area contributed by atoms with Gasteiger partial charge in [0.2, 0.25) is 0 Å². The van der Waals surface area contributed by atoms with Gasteiger partial charge in [-0.3, -0.25) is 0 Å². The minimum atomic E-state index is 0. The van der Waals surface area contributed by atoms with Crippen LogP contribution in [0, 0.1) is 0 Å². The van der Waals surface area contributed by atoms with Crippen LogP contribution in [-0.2, 0) is 32.5 Å². The molecule has 0 atom stereocenters. The fourth-order valence-corrected chi connectivity index (χ4v) is 2.96. The van der Waals surface area contributed by atoms with E-state index in [0.717, 1.165) is 0 Å². The van der Waals surface area contributed by atoms with Crippen LogP contribution in [0.25, 0.3) is 21.5 Å². The van der Waals surface area contributed by atoms with Crippen LogP contribution in [0.4, 0.5) is 0 Å². The largest absolute Gasteiger partial charge is 3.00 e.